The molecule has 0 aliphatic carbocycles. The van der Waals surface area contributed by atoms with Crippen molar-refractivity contribution >= 4 is 56.4 Å². The Hall–Kier alpha value is -1.67. The number of para-hydroxylation sites is 1. The zero-order chi connectivity index (χ0) is 20.0. The predicted octanol–water partition coefficient (Wildman–Crippen LogP) is 3.61. The molecule has 0 unspecified atom stereocenters. The molecule has 0 aliphatic heterocycles. The highest BCUT2D eigenvalue weighted by molar-refractivity contribution is 7.92. The lowest BCUT2D eigenvalue weighted by Gasteiger charge is -2.23. The average molecular weight is 452 g/mol. The number of amides is 1. The highest BCUT2D eigenvalue weighted by Crippen LogP contribution is 2.30. The van der Waals surface area contributed by atoms with E-state index in [0.29, 0.717) is 15.8 Å². The van der Waals surface area contributed by atoms with Gasteiger partial charge in [-0.15, -0.1) is 0 Å². The minimum absolute atomic E-state index is 0.133. The van der Waals surface area contributed by atoms with Crippen molar-refractivity contribution in [3.05, 3.63) is 57.5 Å². The molecule has 0 bridgehead atoms. The van der Waals surface area contributed by atoms with Crippen molar-refractivity contribution in [1.82, 2.24) is 5.32 Å². The van der Waals surface area contributed by atoms with Crippen LogP contribution in [0.2, 0.25) is 15.1 Å². The van der Waals surface area contributed by atoms with Crippen molar-refractivity contribution in [2.24, 2.45) is 0 Å². The van der Waals surface area contributed by atoms with Gasteiger partial charge in [0.25, 0.3) is 0 Å². The number of carbonyl (C=O) groups is 1. The topological polar surface area (TPSA) is 75.7 Å². The molecule has 0 radical (unpaired) electrons. The molecule has 2 aromatic rings. The number of nitrogens with one attached hydrogen (secondary N) is 1. The van der Waals surface area contributed by atoms with Crippen molar-refractivity contribution in [2.45, 2.75) is 0 Å². The molecule has 2 rings (SSSR count). The van der Waals surface area contributed by atoms with Crippen molar-refractivity contribution in [3.8, 4) is 5.75 Å². The van der Waals surface area contributed by atoms with Gasteiger partial charge in [-0.05, 0) is 30.3 Å². The Morgan fingerprint density at radius 1 is 1.11 bits per heavy atom. The van der Waals surface area contributed by atoms with Crippen LogP contribution in [-0.4, -0.2) is 40.3 Å². The Morgan fingerprint density at radius 3 is 2.48 bits per heavy atom. The van der Waals surface area contributed by atoms with Crippen LogP contribution in [0, 0.1) is 0 Å². The molecule has 0 saturated carbocycles. The molecular formula is C17H17Cl3N2O4S. The van der Waals surface area contributed by atoms with Crippen molar-refractivity contribution in [1.29, 1.82) is 0 Å². The summed E-state index contributed by atoms with van der Waals surface area (Å²) in [5.74, 6) is -0.0175. The highest BCUT2D eigenvalue weighted by Gasteiger charge is 2.23. The van der Waals surface area contributed by atoms with Crippen LogP contribution in [0.15, 0.2) is 42.5 Å². The number of hydrogen-bond donors (Lipinski definition) is 1. The van der Waals surface area contributed by atoms with E-state index in [2.05, 4.69) is 5.32 Å². The number of halogens is 3. The first-order valence-corrected chi connectivity index (χ1v) is 10.7. The number of sulfonamides is 1. The molecule has 0 spiro atoms. The predicted molar refractivity (Wildman–Crippen MR) is 109 cm³/mol. The van der Waals surface area contributed by atoms with E-state index in [1.807, 2.05) is 0 Å². The van der Waals surface area contributed by atoms with Crippen LogP contribution in [0.25, 0.3) is 0 Å². The Morgan fingerprint density at radius 2 is 1.81 bits per heavy atom. The summed E-state index contributed by atoms with van der Waals surface area (Å²) < 4.78 is 30.5. The van der Waals surface area contributed by atoms with Gasteiger partial charge in [-0.25, -0.2) is 8.42 Å². The molecule has 146 valence electrons. The fraction of sp³-hybridized carbons (Fsp3) is 0.235. The SMILES string of the molecule is CS(=O)(=O)N(CC(=O)NCCOc1ccccc1Cl)c1cc(Cl)ccc1Cl. The van der Waals surface area contributed by atoms with E-state index in [1.165, 1.54) is 18.2 Å². The second kappa shape index (κ2) is 9.50. The number of benzene rings is 2. The maximum absolute atomic E-state index is 12.2. The van der Waals surface area contributed by atoms with Crippen LogP contribution < -0.4 is 14.4 Å². The number of nitrogens with zero attached hydrogens (tertiary/aromatic N) is 1. The Labute approximate surface area is 173 Å². The largest absolute Gasteiger partial charge is 0.490 e. The van der Waals surface area contributed by atoms with Crippen molar-refractivity contribution in [3.63, 3.8) is 0 Å². The molecule has 0 heterocycles. The zero-order valence-corrected chi connectivity index (χ0v) is 17.4. The molecule has 27 heavy (non-hydrogen) atoms. The molecule has 0 saturated heterocycles. The second-order valence-corrected chi connectivity index (χ2v) is 8.65. The van der Waals surface area contributed by atoms with Gasteiger partial charge in [0.15, 0.2) is 0 Å². The van der Waals surface area contributed by atoms with Gasteiger partial charge < -0.3 is 10.1 Å². The smallest absolute Gasteiger partial charge is 0.240 e. The van der Waals surface area contributed by atoms with Crippen molar-refractivity contribution in [2.75, 3.05) is 30.3 Å². The second-order valence-electron chi connectivity index (χ2n) is 5.49. The Balaban J connectivity index is 1.96. The monoisotopic (exact) mass is 450 g/mol. The lowest BCUT2D eigenvalue weighted by molar-refractivity contribution is -0.119. The zero-order valence-electron chi connectivity index (χ0n) is 14.3. The van der Waals surface area contributed by atoms with Crippen LogP contribution >= 0.6 is 34.8 Å². The van der Waals surface area contributed by atoms with Gasteiger partial charge in [-0.2, -0.15) is 0 Å². The summed E-state index contributed by atoms with van der Waals surface area (Å²) in [6, 6.07) is 11.3. The summed E-state index contributed by atoms with van der Waals surface area (Å²) in [6.07, 6.45) is 0.984. The average Bonchev–Trinajstić information content (AvgIpc) is 2.59. The fourth-order valence-electron chi connectivity index (χ4n) is 2.16. The third-order valence-corrected chi connectivity index (χ3v) is 5.38. The van der Waals surface area contributed by atoms with Crippen LogP contribution in [0.3, 0.4) is 0 Å². The van der Waals surface area contributed by atoms with Crippen LogP contribution in [0.5, 0.6) is 5.75 Å². The van der Waals surface area contributed by atoms with Gasteiger partial charge in [0.1, 0.15) is 18.9 Å². The standard InChI is InChI=1S/C17H17Cl3N2O4S/c1-27(24,25)22(15-10-12(18)6-7-13(15)19)11-17(23)21-8-9-26-16-5-3-2-4-14(16)20/h2-7,10H,8-9,11H2,1H3,(H,21,23). The van der Waals surface area contributed by atoms with E-state index in [0.717, 1.165) is 10.6 Å². The first kappa shape index (κ1) is 21.6. The van der Waals surface area contributed by atoms with Gasteiger partial charge in [-0.3, -0.25) is 9.10 Å². The third-order valence-electron chi connectivity index (χ3n) is 3.38. The molecule has 6 nitrogen and oxygen atoms in total. The summed E-state index contributed by atoms with van der Waals surface area (Å²) in [7, 11) is -3.75. The molecule has 1 amide bonds. The van der Waals surface area contributed by atoms with Gasteiger partial charge in [-0.1, -0.05) is 46.9 Å². The molecule has 2 aromatic carbocycles. The quantitative estimate of drug-likeness (QED) is 0.622. The fourth-order valence-corrected chi connectivity index (χ4v) is 3.64. The normalized spacial score (nSPS) is 11.1. The highest BCUT2D eigenvalue weighted by atomic mass is 35.5. The van der Waals surface area contributed by atoms with E-state index >= 15 is 0 Å². The summed E-state index contributed by atoms with van der Waals surface area (Å²) in [6.45, 7) is -0.0950. The summed E-state index contributed by atoms with van der Waals surface area (Å²) in [5, 5.41) is 3.52. The van der Waals surface area contributed by atoms with Crippen LogP contribution in [-0.2, 0) is 14.8 Å². The lowest BCUT2D eigenvalue weighted by Crippen LogP contribution is -2.41. The number of ether oxygens (including phenoxy) is 1. The maximum atomic E-state index is 12.2. The van der Waals surface area contributed by atoms with E-state index in [-0.39, 0.29) is 23.9 Å². The number of anilines is 1. The van der Waals surface area contributed by atoms with Gasteiger partial charge in [0, 0.05) is 5.02 Å². The first-order valence-electron chi connectivity index (χ1n) is 7.75. The van der Waals surface area contributed by atoms with E-state index in [1.54, 1.807) is 24.3 Å². The Bertz CT molecular complexity index is 922. The Kier molecular flexibility index (Phi) is 7.61. The molecule has 0 atom stereocenters. The lowest BCUT2D eigenvalue weighted by atomic mass is 10.3. The van der Waals surface area contributed by atoms with Crippen LogP contribution in [0.4, 0.5) is 5.69 Å². The van der Waals surface area contributed by atoms with E-state index < -0.39 is 22.5 Å². The van der Waals surface area contributed by atoms with Gasteiger partial charge in [0.2, 0.25) is 15.9 Å². The molecule has 10 heteroatoms. The molecule has 1 N–H and O–H groups in total. The van der Waals surface area contributed by atoms with E-state index in [9.17, 15) is 13.2 Å². The van der Waals surface area contributed by atoms with Gasteiger partial charge in [0.05, 0.1) is 28.5 Å². The molecule has 0 aliphatic rings. The minimum atomic E-state index is -3.75. The van der Waals surface area contributed by atoms with Gasteiger partial charge >= 0.3 is 0 Å². The summed E-state index contributed by atoms with van der Waals surface area (Å²) >= 11 is 17.9. The first-order chi connectivity index (χ1) is 12.7. The number of rotatable bonds is 8. The molecular weight excluding hydrogens is 435 g/mol. The molecule has 0 aromatic heterocycles. The number of hydrogen-bond acceptors (Lipinski definition) is 4. The van der Waals surface area contributed by atoms with E-state index in [4.69, 9.17) is 39.5 Å². The summed E-state index contributed by atoms with van der Waals surface area (Å²) in [5.41, 5.74) is 0.133. The third kappa shape index (κ3) is 6.46. The van der Waals surface area contributed by atoms with Crippen LogP contribution in [0.1, 0.15) is 0 Å². The number of carbonyl (C=O) groups excluding carboxylic acids is 1. The molecule has 0 fully saturated rings. The minimum Gasteiger partial charge on any atom is -0.490 e. The maximum Gasteiger partial charge on any atom is 0.240 e. The summed E-state index contributed by atoms with van der Waals surface area (Å²) in [4.78, 5) is 12.2. The van der Waals surface area contributed by atoms with Crippen molar-refractivity contribution < 1.29 is 17.9 Å².